The first-order valence-corrected chi connectivity index (χ1v) is 6.63. The Kier molecular flexibility index (Phi) is 3.61. The highest BCUT2D eigenvalue weighted by atomic mass is 15.1. The van der Waals surface area contributed by atoms with Crippen LogP contribution in [-0.2, 0) is 0 Å². The van der Waals surface area contributed by atoms with Gasteiger partial charge in [0.1, 0.15) is 5.84 Å². The highest BCUT2D eigenvalue weighted by Crippen LogP contribution is 2.20. The molecule has 0 aromatic heterocycles. The molecule has 1 aromatic carbocycles. The molecule has 0 bridgehead atoms. The van der Waals surface area contributed by atoms with Crippen molar-refractivity contribution in [1.29, 1.82) is 0 Å². The lowest BCUT2D eigenvalue weighted by Crippen LogP contribution is -2.27. The average molecular weight is 254 g/mol. The van der Waals surface area contributed by atoms with E-state index in [4.69, 9.17) is 4.99 Å². The van der Waals surface area contributed by atoms with E-state index < -0.39 is 0 Å². The minimum atomic E-state index is 0.0550. The third-order valence-corrected chi connectivity index (χ3v) is 3.36. The fourth-order valence-electron chi connectivity index (χ4n) is 2.06. The van der Waals surface area contributed by atoms with Crippen LogP contribution >= 0.6 is 0 Å². The molecule has 2 nitrogen and oxygen atoms in total. The number of aliphatic imine (C=N–C) groups is 1. The maximum absolute atomic E-state index is 4.74. The number of rotatable bonds is 1. The summed E-state index contributed by atoms with van der Waals surface area (Å²) in [6.45, 7) is 6.46. The van der Waals surface area contributed by atoms with Gasteiger partial charge in [0.05, 0.1) is 5.69 Å². The first-order chi connectivity index (χ1) is 8.89. The van der Waals surface area contributed by atoms with E-state index in [1.54, 1.807) is 0 Å². The summed E-state index contributed by atoms with van der Waals surface area (Å²) >= 11 is 0. The van der Waals surface area contributed by atoms with Gasteiger partial charge < -0.3 is 4.90 Å². The molecule has 0 atom stereocenters. The number of allylic oxidation sites excluding steroid dienone is 2. The molecule has 2 heteroatoms. The molecule has 100 valence electrons. The van der Waals surface area contributed by atoms with Gasteiger partial charge in [0.25, 0.3) is 0 Å². The predicted octanol–water partition coefficient (Wildman–Crippen LogP) is 2.46. The maximum Gasteiger partial charge on any atom is 0.101 e. The van der Waals surface area contributed by atoms with E-state index in [2.05, 4.69) is 56.4 Å². The molecule has 1 aliphatic carbocycles. The second-order valence-corrected chi connectivity index (χ2v) is 5.82. The SMILES string of the molecule is CC(=Nc1cccc2c1=CC(C)(C)C=CC=2)N(C)C. The van der Waals surface area contributed by atoms with Crippen LogP contribution in [0.5, 0.6) is 0 Å². The second kappa shape index (κ2) is 5.04. The van der Waals surface area contributed by atoms with Crippen molar-refractivity contribution in [3.8, 4) is 0 Å². The van der Waals surface area contributed by atoms with Crippen molar-refractivity contribution >= 4 is 23.7 Å². The Bertz CT molecular complexity index is 646. The molecule has 0 spiro atoms. The fourth-order valence-corrected chi connectivity index (χ4v) is 2.06. The lowest BCUT2D eigenvalue weighted by atomic mass is 9.92. The van der Waals surface area contributed by atoms with E-state index in [-0.39, 0.29) is 5.41 Å². The second-order valence-electron chi connectivity index (χ2n) is 5.82. The van der Waals surface area contributed by atoms with E-state index in [9.17, 15) is 0 Å². The Balaban J connectivity index is 2.69. The topological polar surface area (TPSA) is 15.6 Å². The van der Waals surface area contributed by atoms with Gasteiger partial charge in [-0.15, -0.1) is 0 Å². The van der Waals surface area contributed by atoms with E-state index >= 15 is 0 Å². The molecule has 0 N–H and O–H groups in total. The van der Waals surface area contributed by atoms with Gasteiger partial charge in [0.2, 0.25) is 0 Å². The molecular formula is C17H22N2. The third kappa shape index (κ3) is 3.14. The summed E-state index contributed by atoms with van der Waals surface area (Å²) in [6.07, 6.45) is 8.81. The summed E-state index contributed by atoms with van der Waals surface area (Å²) in [7, 11) is 4.03. The van der Waals surface area contributed by atoms with Gasteiger partial charge >= 0.3 is 0 Å². The Morgan fingerprint density at radius 3 is 2.63 bits per heavy atom. The summed E-state index contributed by atoms with van der Waals surface area (Å²) in [5, 5.41) is 2.45. The van der Waals surface area contributed by atoms with E-state index in [1.165, 1.54) is 10.4 Å². The van der Waals surface area contributed by atoms with Crippen molar-refractivity contribution in [2.75, 3.05) is 14.1 Å². The number of nitrogens with zero attached hydrogens (tertiary/aromatic N) is 2. The summed E-state index contributed by atoms with van der Waals surface area (Å²) in [6, 6.07) is 6.29. The predicted molar refractivity (Wildman–Crippen MR) is 84.0 cm³/mol. The lowest BCUT2D eigenvalue weighted by Gasteiger charge is -2.14. The molecule has 0 saturated heterocycles. The smallest absolute Gasteiger partial charge is 0.101 e. The summed E-state index contributed by atoms with van der Waals surface area (Å²) in [4.78, 5) is 6.77. The van der Waals surface area contributed by atoms with Crippen molar-refractivity contribution in [1.82, 2.24) is 4.90 Å². The summed E-state index contributed by atoms with van der Waals surface area (Å²) in [5.74, 6) is 1.01. The van der Waals surface area contributed by atoms with Gasteiger partial charge in [-0.25, -0.2) is 4.99 Å². The van der Waals surface area contributed by atoms with Gasteiger partial charge in [-0.2, -0.15) is 0 Å². The standard InChI is InChI=1S/C17H22N2/c1-13(19(4)5)18-16-10-6-8-14-9-7-11-17(2,3)12-15(14)16/h6-12H,1-5H3. The Morgan fingerprint density at radius 1 is 1.21 bits per heavy atom. The zero-order valence-electron chi connectivity index (χ0n) is 12.4. The quantitative estimate of drug-likeness (QED) is 0.555. The highest BCUT2D eigenvalue weighted by molar-refractivity contribution is 5.82. The van der Waals surface area contributed by atoms with Crippen molar-refractivity contribution in [3.05, 3.63) is 40.8 Å². The molecule has 19 heavy (non-hydrogen) atoms. The van der Waals surface area contributed by atoms with Crippen LogP contribution in [0, 0.1) is 5.41 Å². The minimum absolute atomic E-state index is 0.0550. The Morgan fingerprint density at radius 2 is 1.95 bits per heavy atom. The zero-order chi connectivity index (χ0) is 14.0. The van der Waals surface area contributed by atoms with Crippen molar-refractivity contribution < 1.29 is 0 Å². The van der Waals surface area contributed by atoms with Crippen LogP contribution in [0.25, 0.3) is 12.2 Å². The van der Waals surface area contributed by atoms with E-state index in [1.807, 2.05) is 25.9 Å². The molecule has 1 aliphatic rings. The molecular weight excluding hydrogens is 232 g/mol. The number of amidine groups is 1. The van der Waals surface area contributed by atoms with Gasteiger partial charge in [-0.05, 0) is 18.2 Å². The monoisotopic (exact) mass is 254 g/mol. The Labute approximate surface area is 115 Å². The van der Waals surface area contributed by atoms with Crippen LogP contribution < -0.4 is 10.4 Å². The molecule has 2 rings (SSSR count). The highest BCUT2D eigenvalue weighted by Gasteiger charge is 2.11. The molecule has 0 amide bonds. The van der Waals surface area contributed by atoms with Crippen LogP contribution in [0.3, 0.4) is 0 Å². The molecule has 1 aromatic rings. The van der Waals surface area contributed by atoms with Crippen LogP contribution in [0.4, 0.5) is 5.69 Å². The van der Waals surface area contributed by atoms with E-state index in [0.717, 1.165) is 11.5 Å². The minimum Gasteiger partial charge on any atom is -0.366 e. The molecule has 0 aliphatic heterocycles. The van der Waals surface area contributed by atoms with E-state index in [0.29, 0.717) is 0 Å². The summed E-state index contributed by atoms with van der Waals surface area (Å²) < 4.78 is 0. The van der Waals surface area contributed by atoms with Gasteiger partial charge in [0, 0.05) is 24.7 Å². The third-order valence-electron chi connectivity index (χ3n) is 3.36. The van der Waals surface area contributed by atoms with Crippen molar-refractivity contribution in [2.24, 2.45) is 10.4 Å². The van der Waals surface area contributed by atoms with Crippen molar-refractivity contribution in [3.63, 3.8) is 0 Å². The van der Waals surface area contributed by atoms with Gasteiger partial charge in [0.15, 0.2) is 0 Å². The zero-order valence-corrected chi connectivity index (χ0v) is 12.4. The Hall–Kier alpha value is -1.83. The fraction of sp³-hybridized carbons (Fsp3) is 0.353. The van der Waals surface area contributed by atoms with Crippen LogP contribution in [0.2, 0.25) is 0 Å². The van der Waals surface area contributed by atoms with Crippen molar-refractivity contribution in [2.45, 2.75) is 20.8 Å². The number of fused-ring (bicyclic) bond motifs is 1. The van der Waals surface area contributed by atoms with Gasteiger partial charge in [-0.3, -0.25) is 0 Å². The number of hydrogen-bond acceptors (Lipinski definition) is 1. The summed E-state index contributed by atoms with van der Waals surface area (Å²) in [5.41, 5.74) is 1.09. The molecule has 0 fully saturated rings. The molecule has 0 unspecified atom stereocenters. The first-order valence-electron chi connectivity index (χ1n) is 6.63. The lowest BCUT2D eigenvalue weighted by molar-refractivity contribution is 0.618. The molecule has 0 heterocycles. The maximum atomic E-state index is 4.74. The first kappa shape index (κ1) is 13.6. The number of benzene rings is 1. The van der Waals surface area contributed by atoms with Crippen LogP contribution in [0.15, 0.2) is 35.3 Å². The normalized spacial score (nSPS) is 17.0. The average Bonchev–Trinajstić information content (AvgIpc) is 2.47. The largest absolute Gasteiger partial charge is 0.366 e. The molecule has 0 radical (unpaired) electrons. The van der Waals surface area contributed by atoms with Crippen LogP contribution in [0.1, 0.15) is 20.8 Å². The van der Waals surface area contributed by atoms with Gasteiger partial charge in [-0.1, -0.05) is 50.3 Å². The molecule has 0 saturated carbocycles. The number of hydrogen-bond donors (Lipinski definition) is 0. The van der Waals surface area contributed by atoms with Crippen LogP contribution in [-0.4, -0.2) is 24.8 Å².